The molecule has 19 heavy (non-hydrogen) atoms. The average molecular weight is 260 g/mol. The van der Waals surface area contributed by atoms with Gasteiger partial charge >= 0.3 is 5.63 Å². The molecule has 100 valence electrons. The summed E-state index contributed by atoms with van der Waals surface area (Å²) in [5.41, 5.74) is 1.17. The second-order valence-electron chi connectivity index (χ2n) is 4.36. The van der Waals surface area contributed by atoms with Gasteiger partial charge in [0.15, 0.2) is 11.3 Å². The number of methoxy groups -OCH3 is 1. The maximum Gasteiger partial charge on any atom is 0.336 e. The van der Waals surface area contributed by atoms with Crippen molar-refractivity contribution in [2.45, 2.75) is 13.8 Å². The fourth-order valence-electron chi connectivity index (χ4n) is 1.70. The Bertz CT molecular complexity index is 663. The topological polar surface area (TPSA) is 48.7 Å². The third-order valence-electron chi connectivity index (χ3n) is 2.66. The summed E-state index contributed by atoms with van der Waals surface area (Å²) in [7, 11) is 1.57. The van der Waals surface area contributed by atoms with Crippen LogP contribution in [-0.2, 0) is 0 Å². The van der Waals surface area contributed by atoms with Gasteiger partial charge in [-0.2, -0.15) is 0 Å². The molecular weight excluding hydrogens is 244 g/mol. The van der Waals surface area contributed by atoms with Crippen molar-refractivity contribution in [2.24, 2.45) is 0 Å². The van der Waals surface area contributed by atoms with Crippen molar-refractivity contribution in [1.82, 2.24) is 0 Å². The summed E-state index contributed by atoms with van der Waals surface area (Å²) in [6.45, 7) is 4.42. The second kappa shape index (κ2) is 5.61. The fourth-order valence-corrected chi connectivity index (χ4v) is 1.70. The lowest BCUT2D eigenvalue weighted by Gasteiger charge is -2.09. The molecule has 1 aromatic heterocycles. The lowest BCUT2D eigenvalue weighted by atomic mass is 10.2. The molecule has 0 aliphatic rings. The zero-order valence-corrected chi connectivity index (χ0v) is 11.2. The van der Waals surface area contributed by atoms with E-state index in [1.807, 2.05) is 19.9 Å². The first-order chi connectivity index (χ1) is 9.11. The molecule has 4 heteroatoms. The summed E-state index contributed by atoms with van der Waals surface area (Å²) in [6, 6.07) is 6.57. The predicted octanol–water partition coefficient (Wildman–Crippen LogP) is 3.15. The van der Waals surface area contributed by atoms with Gasteiger partial charge in [-0.15, -0.1) is 0 Å². The molecule has 1 aromatic carbocycles. The number of hydrogen-bond donors (Lipinski definition) is 0. The zero-order valence-electron chi connectivity index (χ0n) is 11.2. The number of ether oxygens (including phenoxy) is 2. The highest BCUT2D eigenvalue weighted by atomic mass is 16.5. The maximum absolute atomic E-state index is 11.3. The van der Waals surface area contributed by atoms with Crippen molar-refractivity contribution in [3.63, 3.8) is 0 Å². The summed E-state index contributed by atoms with van der Waals surface area (Å²) < 4.78 is 16.1. The number of rotatable bonds is 4. The average Bonchev–Trinajstić information content (AvgIpc) is 2.38. The molecule has 4 nitrogen and oxygen atoms in total. The molecule has 0 atom stereocenters. The Hall–Kier alpha value is -2.23. The molecule has 0 radical (unpaired) electrons. The molecule has 0 N–H and O–H groups in total. The van der Waals surface area contributed by atoms with Crippen LogP contribution in [0.25, 0.3) is 11.0 Å². The van der Waals surface area contributed by atoms with Crippen LogP contribution in [0, 0.1) is 0 Å². The summed E-state index contributed by atoms with van der Waals surface area (Å²) in [6.07, 6.45) is 1.96. The Morgan fingerprint density at radius 2 is 1.95 bits per heavy atom. The molecule has 2 rings (SSSR count). The third-order valence-corrected chi connectivity index (χ3v) is 2.66. The van der Waals surface area contributed by atoms with Crippen LogP contribution in [0.2, 0.25) is 0 Å². The SMILES string of the molecule is COc1ccc(OCC=C(C)C)c2oc(=O)ccc12. The van der Waals surface area contributed by atoms with Crippen LogP contribution in [0.4, 0.5) is 0 Å². The van der Waals surface area contributed by atoms with Crippen LogP contribution in [0.1, 0.15) is 13.8 Å². The number of fused-ring (bicyclic) bond motifs is 1. The van der Waals surface area contributed by atoms with Gasteiger partial charge in [0.2, 0.25) is 0 Å². The largest absolute Gasteiger partial charge is 0.496 e. The monoisotopic (exact) mass is 260 g/mol. The lowest BCUT2D eigenvalue weighted by molar-refractivity contribution is 0.356. The van der Waals surface area contributed by atoms with E-state index in [-0.39, 0.29) is 0 Å². The number of benzene rings is 1. The minimum atomic E-state index is -0.409. The van der Waals surface area contributed by atoms with Crippen LogP contribution in [-0.4, -0.2) is 13.7 Å². The van der Waals surface area contributed by atoms with Crippen molar-refractivity contribution in [3.05, 3.63) is 46.3 Å². The quantitative estimate of drug-likeness (QED) is 0.626. The van der Waals surface area contributed by atoms with Crippen molar-refractivity contribution in [2.75, 3.05) is 13.7 Å². The van der Waals surface area contributed by atoms with Gasteiger partial charge in [-0.25, -0.2) is 4.79 Å². The van der Waals surface area contributed by atoms with Crippen molar-refractivity contribution < 1.29 is 13.9 Å². The minimum Gasteiger partial charge on any atom is -0.496 e. The summed E-state index contributed by atoms with van der Waals surface area (Å²) >= 11 is 0. The van der Waals surface area contributed by atoms with Crippen LogP contribution < -0.4 is 15.1 Å². The Labute approximate surface area is 111 Å². The van der Waals surface area contributed by atoms with E-state index >= 15 is 0 Å². The van der Waals surface area contributed by atoms with Crippen LogP contribution >= 0.6 is 0 Å². The molecule has 0 bridgehead atoms. The fraction of sp³-hybridized carbons (Fsp3) is 0.267. The maximum atomic E-state index is 11.3. The van der Waals surface area contributed by atoms with Crippen molar-refractivity contribution in [1.29, 1.82) is 0 Å². The van der Waals surface area contributed by atoms with Crippen LogP contribution in [0.5, 0.6) is 11.5 Å². The van der Waals surface area contributed by atoms with Gasteiger partial charge < -0.3 is 13.9 Å². The van der Waals surface area contributed by atoms with E-state index < -0.39 is 5.63 Å². The normalized spacial score (nSPS) is 10.3. The van der Waals surface area contributed by atoms with Gasteiger partial charge in [0.1, 0.15) is 12.4 Å². The van der Waals surface area contributed by atoms with E-state index in [1.165, 1.54) is 11.6 Å². The molecule has 0 saturated carbocycles. The van der Waals surface area contributed by atoms with Crippen molar-refractivity contribution in [3.8, 4) is 11.5 Å². The zero-order chi connectivity index (χ0) is 13.8. The standard InChI is InChI=1S/C15H16O4/c1-10(2)8-9-18-13-6-5-12(17-3)11-4-7-14(16)19-15(11)13/h4-8H,9H2,1-3H3. The first kappa shape index (κ1) is 13.2. The lowest BCUT2D eigenvalue weighted by Crippen LogP contribution is -2.00. The van der Waals surface area contributed by atoms with Crippen LogP contribution in [0.3, 0.4) is 0 Å². The highest BCUT2D eigenvalue weighted by Gasteiger charge is 2.10. The Morgan fingerprint density at radius 3 is 2.63 bits per heavy atom. The van der Waals surface area contributed by atoms with E-state index in [1.54, 1.807) is 25.3 Å². The summed E-state index contributed by atoms with van der Waals surface area (Å²) in [5, 5.41) is 0.719. The van der Waals surface area contributed by atoms with Crippen molar-refractivity contribution >= 4 is 11.0 Å². The molecule has 0 aliphatic carbocycles. The third kappa shape index (κ3) is 2.96. The minimum absolute atomic E-state index is 0.409. The molecule has 1 heterocycles. The number of allylic oxidation sites excluding steroid dienone is 1. The van der Waals surface area contributed by atoms with Gasteiger partial charge in [0, 0.05) is 6.07 Å². The first-order valence-electron chi connectivity index (χ1n) is 5.99. The molecule has 0 fully saturated rings. The highest BCUT2D eigenvalue weighted by molar-refractivity contribution is 5.88. The summed E-state index contributed by atoms with van der Waals surface area (Å²) in [4.78, 5) is 11.3. The van der Waals surface area contributed by atoms with E-state index in [0.29, 0.717) is 23.7 Å². The van der Waals surface area contributed by atoms with E-state index in [2.05, 4.69) is 0 Å². The van der Waals surface area contributed by atoms with Gasteiger partial charge in [0.05, 0.1) is 12.5 Å². The number of hydrogen-bond acceptors (Lipinski definition) is 4. The van der Waals surface area contributed by atoms with Gasteiger partial charge in [-0.05, 0) is 38.1 Å². The predicted molar refractivity (Wildman–Crippen MR) is 74.0 cm³/mol. The molecule has 0 aliphatic heterocycles. The van der Waals surface area contributed by atoms with Gasteiger partial charge in [-0.3, -0.25) is 0 Å². The molecule has 0 spiro atoms. The summed E-state index contributed by atoms with van der Waals surface area (Å²) in [5.74, 6) is 1.18. The molecule has 0 saturated heterocycles. The van der Waals surface area contributed by atoms with Gasteiger partial charge in [0.25, 0.3) is 0 Å². The second-order valence-corrected chi connectivity index (χ2v) is 4.36. The molecular formula is C15H16O4. The van der Waals surface area contributed by atoms with E-state index in [4.69, 9.17) is 13.9 Å². The molecule has 0 unspecified atom stereocenters. The van der Waals surface area contributed by atoms with E-state index in [0.717, 1.165) is 5.39 Å². The molecule has 0 amide bonds. The Kier molecular flexibility index (Phi) is 3.90. The Balaban J connectivity index is 2.47. The smallest absolute Gasteiger partial charge is 0.336 e. The van der Waals surface area contributed by atoms with E-state index in [9.17, 15) is 4.79 Å². The highest BCUT2D eigenvalue weighted by Crippen LogP contribution is 2.31. The molecule has 2 aromatic rings. The Morgan fingerprint density at radius 1 is 1.21 bits per heavy atom. The van der Waals surface area contributed by atoms with Gasteiger partial charge in [-0.1, -0.05) is 5.57 Å². The van der Waals surface area contributed by atoms with Crippen LogP contribution in [0.15, 0.2) is 45.1 Å². The first-order valence-corrected chi connectivity index (χ1v) is 5.99.